The molecule has 2 aromatic rings. The third kappa shape index (κ3) is 3.28. The summed E-state index contributed by atoms with van der Waals surface area (Å²) >= 11 is 0. The van der Waals surface area contributed by atoms with Gasteiger partial charge in [-0.05, 0) is 29.3 Å². The number of nitrogens with one attached hydrogen (secondary N) is 2. The fraction of sp³-hybridized carbons (Fsp3) is 0.348. The molecule has 12 heteroatoms. The number of benzene rings is 2. The molecular weight excluding hydrogens is 458 g/mol. The molecule has 35 heavy (non-hydrogen) atoms. The minimum atomic E-state index is -1.61. The Bertz CT molecular complexity index is 1280. The van der Waals surface area contributed by atoms with Crippen molar-refractivity contribution in [1.82, 2.24) is 15.5 Å². The van der Waals surface area contributed by atoms with Crippen molar-refractivity contribution >= 4 is 29.2 Å². The molecule has 0 radical (unpaired) electrons. The van der Waals surface area contributed by atoms with Crippen LogP contribution in [0.4, 0.5) is 16.2 Å². The van der Waals surface area contributed by atoms with Gasteiger partial charge in [-0.25, -0.2) is 4.79 Å². The molecule has 1 atom stereocenters. The van der Waals surface area contributed by atoms with E-state index >= 15 is 0 Å². The molecule has 1 spiro atoms. The van der Waals surface area contributed by atoms with Gasteiger partial charge in [0.1, 0.15) is 0 Å². The van der Waals surface area contributed by atoms with Gasteiger partial charge in [-0.3, -0.25) is 35.2 Å². The van der Waals surface area contributed by atoms with Crippen molar-refractivity contribution in [3.63, 3.8) is 0 Å². The van der Waals surface area contributed by atoms with Crippen molar-refractivity contribution in [3.8, 4) is 11.5 Å². The zero-order valence-electron chi connectivity index (χ0n) is 18.5. The number of nitrogens with zero attached hydrogens (tertiary/aromatic N) is 3. The molecule has 0 saturated carbocycles. The topological polar surface area (TPSA) is 143 Å². The van der Waals surface area contributed by atoms with Crippen LogP contribution < -0.4 is 25.0 Å². The third-order valence-electron chi connectivity index (χ3n) is 7.19. The van der Waals surface area contributed by atoms with Gasteiger partial charge in [-0.2, -0.15) is 0 Å². The standard InChI is InChI=1S/C23H21N5O7/c29-20-23(21(30)25-22(31)24-20)9-14-8-15(28(32)33)2-3-16(14)27-6-5-26(11-19(23)27)10-13-1-4-17-18(7-13)35-12-34-17/h1-4,7-8,19H,5-6,9-12H2,(H2,24,25,29,30,31). The predicted molar refractivity (Wildman–Crippen MR) is 120 cm³/mol. The number of rotatable bonds is 3. The molecule has 6 rings (SSSR count). The lowest BCUT2D eigenvalue weighted by atomic mass is 9.68. The number of urea groups is 1. The van der Waals surface area contributed by atoms with Crippen molar-refractivity contribution in [1.29, 1.82) is 0 Å². The summed E-state index contributed by atoms with van der Waals surface area (Å²) in [5.74, 6) is -0.0160. The maximum Gasteiger partial charge on any atom is 0.328 e. The second kappa shape index (κ2) is 7.67. The van der Waals surface area contributed by atoms with Crippen molar-refractivity contribution in [2.24, 2.45) is 5.41 Å². The highest BCUT2D eigenvalue weighted by Crippen LogP contribution is 2.45. The van der Waals surface area contributed by atoms with Crippen LogP contribution in [-0.4, -0.2) is 60.1 Å². The van der Waals surface area contributed by atoms with Crippen LogP contribution >= 0.6 is 0 Å². The zero-order valence-corrected chi connectivity index (χ0v) is 18.5. The van der Waals surface area contributed by atoms with E-state index in [1.165, 1.54) is 12.1 Å². The Balaban J connectivity index is 1.36. The van der Waals surface area contributed by atoms with E-state index < -0.39 is 34.2 Å². The highest BCUT2D eigenvalue weighted by Gasteiger charge is 2.60. The molecule has 180 valence electrons. The summed E-state index contributed by atoms with van der Waals surface area (Å²) in [6.45, 7) is 2.25. The highest BCUT2D eigenvalue weighted by molar-refractivity contribution is 6.20. The summed E-state index contributed by atoms with van der Waals surface area (Å²) in [6, 6.07) is 8.78. The molecule has 2 N–H and O–H groups in total. The van der Waals surface area contributed by atoms with Crippen LogP contribution in [0.1, 0.15) is 11.1 Å². The largest absolute Gasteiger partial charge is 0.454 e. The van der Waals surface area contributed by atoms with Crippen LogP contribution in [-0.2, 0) is 22.6 Å². The van der Waals surface area contributed by atoms with Crippen LogP contribution in [0.2, 0.25) is 0 Å². The Morgan fingerprint density at radius 1 is 1.03 bits per heavy atom. The van der Waals surface area contributed by atoms with Crippen molar-refractivity contribution in [3.05, 3.63) is 57.6 Å². The summed E-state index contributed by atoms with van der Waals surface area (Å²) < 4.78 is 10.9. The maximum atomic E-state index is 13.3. The van der Waals surface area contributed by atoms with Gasteiger partial charge >= 0.3 is 6.03 Å². The first-order chi connectivity index (χ1) is 16.8. The summed E-state index contributed by atoms with van der Waals surface area (Å²) in [4.78, 5) is 53.4. The number of amides is 4. The quantitative estimate of drug-likeness (QED) is 0.373. The number of hydrogen-bond acceptors (Lipinski definition) is 9. The molecule has 2 aromatic carbocycles. The monoisotopic (exact) mass is 479 g/mol. The summed E-state index contributed by atoms with van der Waals surface area (Å²) in [5.41, 5.74) is 0.553. The smallest absolute Gasteiger partial charge is 0.328 e. The molecular formula is C23H21N5O7. The van der Waals surface area contributed by atoms with E-state index in [0.717, 1.165) is 11.3 Å². The SMILES string of the molecule is O=C1NC(=O)C2(Cc3cc([N+](=O)[O-])ccc3N3CCN(Cc4ccc5c(c4)OCO5)CC32)C(=O)N1. The molecule has 1 unspecified atom stereocenters. The van der Waals surface area contributed by atoms with Crippen LogP contribution in [0, 0.1) is 15.5 Å². The Kier molecular flexibility index (Phi) is 4.68. The number of piperazine rings is 1. The molecule has 2 saturated heterocycles. The van der Waals surface area contributed by atoms with E-state index in [1.54, 1.807) is 6.07 Å². The van der Waals surface area contributed by atoms with Gasteiger partial charge in [-0.1, -0.05) is 6.07 Å². The predicted octanol–water partition coefficient (Wildman–Crippen LogP) is 0.923. The maximum absolute atomic E-state index is 13.3. The lowest BCUT2D eigenvalue weighted by Gasteiger charge is -2.54. The van der Waals surface area contributed by atoms with Crippen molar-refractivity contribution in [2.75, 3.05) is 31.3 Å². The molecule has 4 heterocycles. The van der Waals surface area contributed by atoms with Crippen molar-refractivity contribution in [2.45, 2.75) is 19.0 Å². The Labute approximate surface area is 198 Å². The van der Waals surface area contributed by atoms with Gasteiger partial charge in [0.2, 0.25) is 18.6 Å². The third-order valence-corrected chi connectivity index (χ3v) is 7.19. The Morgan fingerprint density at radius 2 is 1.80 bits per heavy atom. The number of hydrogen-bond donors (Lipinski definition) is 2. The van der Waals surface area contributed by atoms with Gasteiger partial charge in [0.25, 0.3) is 5.69 Å². The Hall–Kier alpha value is -4.19. The van der Waals surface area contributed by atoms with Crippen molar-refractivity contribution < 1.29 is 28.8 Å². The normalized spacial score (nSPS) is 22.3. The molecule has 0 aromatic heterocycles. The molecule has 12 nitrogen and oxygen atoms in total. The number of ether oxygens (including phenoxy) is 2. The number of nitro groups is 1. The number of anilines is 1. The van der Waals surface area contributed by atoms with Crippen LogP contribution in [0.5, 0.6) is 11.5 Å². The number of nitro benzene ring substituents is 1. The van der Waals surface area contributed by atoms with Crippen LogP contribution in [0.3, 0.4) is 0 Å². The van der Waals surface area contributed by atoms with Gasteiger partial charge in [0.05, 0.1) is 11.0 Å². The first-order valence-electron chi connectivity index (χ1n) is 11.2. The highest BCUT2D eigenvalue weighted by atomic mass is 16.7. The fourth-order valence-electron chi connectivity index (χ4n) is 5.54. The number of imide groups is 2. The fourth-order valence-corrected chi connectivity index (χ4v) is 5.54. The minimum absolute atomic E-state index is 0.0476. The lowest BCUT2D eigenvalue weighted by molar-refractivity contribution is -0.384. The van der Waals surface area contributed by atoms with Gasteiger partial charge < -0.3 is 14.4 Å². The number of carbonyl (C=O) groups is 3. The number of carbonyl (C=O) groups excluding carboxylic acids is 3. The average Bonchev–Trinajstić information content (AvgIpc) is 3.30. The summed E-state index contributed by atoms with van der Waals surface area (Å²) in [6.07, 6.45) is -0.0476. The molecule has 2 fully saturated rings. The number of non-ortho nitro benzene ring substituents is 1. The van der Waals surface area contributed by atoms with E-state index in [1.807, 2.05) is 23.1 Å². The second-order valence-corrected chi connectivity index (χ2v) is 9.09. The second-order valence-electron chi connectivity index (χ2n) is 9.09. The molecule has 4 amide bonds. The number of fused-ring (bicyclic) bond motifs is 5. The van der Waals surface area contributed by atoms with E-state index in [4.69, 9.17) is 9.47 Å². The van der Waals surface area contributed by atoms with E-state index in [9.17, 15) is 24.5 Å². The first-order valence-corrected chi connectivity index (χ1v) is 11.2. The molecule has 4 aliphatic heterocycles. The van der Waals surface area contributed by atoms with Gasteiger partial charge in [0.15, 0.2) is 16.9 Å². The zero-order chi connectivity index (χ0) is 24.3. The summed E-state index contributed by atoms with van der Waals surface area (Å²) in [5, 5.41) is 15.9. The van der Waals surface area contributed by atoms with Crippen LogP contribution in [0.25, 0.3) is 0 Å². The van der Waals surface area contributed by atoms with E-state index in [0.29, 0.717) is 43.2 Å². The summed E-state index contributed by atoms with van der Waals surface area (Å²) in [7, 11) is 0. The lowest BCUT2D eigenvalue weighted by Crippen LogP contribution is -2.74. The number of barbiturate groups is 1. The minimum Gasteiger partial charge on any atom is -0.454 e. The Morgan fingerprint density at radius 3 is 2.57 bits per heavy atom. The van der Waals surface area contributed by atoms with E-state index in [-0.39, 0.29) is 18.9 Å². The van der Waals surface area contributed by atoms with Crippen LogP contribution in [0.15, 0.2) is 36.4 Å². The van der Waals surface area contributed by atoms with Gasteiger partial charge in [0, 0.05) is 50.4 Å². The first kappa shape index (κ1) is 21.4. The van der Waals surface area contributed by atoms with E-state index in [2.05, 4.69) is 15.5 Å². The molecule has 4 aliphatic rings. The molecule has 0 aliphatic carbocycles. The van der Waals surface area contributed by atoms with Gasteiger partial charge in [-0.15, -0.1) is 0 Å². The molecule has 0 bridgehead atoms. The average molecular weight is 479 g/mol.